The van der Waals surface area contributed by atoms with E-state index < -0.39 is 17.8 Å². The summed E-state index contributed by atoms with van der Waals surface area (Å²) in [6.07, 6.45) is 6.21. The summed E-state index contributed by atoms with van der Waals surface area (Å²) >= 11 is 0. The molecule has 2 fully saturated rings. The van der Waals surface area contributed by atoms with Crippen molar-refractivity contribution in [3.8, 4) is 0 Å². The van der Waals surface area contributed by atoms with E-state index in [4.69, 9.17) is 0 Å². The number of carbonyl (C=O) groups excluding carboxylic acids is 1. The molecule has 4 rings (SSSR count). The number of carboxylic acid groups (broad SMARTS) is 1. The quantitative estimate of drug-likeness (QED) is 0.843. The summed E-state index contributed by atoms with van der Waals surface area (Å²) < 4.78 is 0. The van der Waals surface area contributed by atoms with Crippen LogP contribution in [0.1, 0.15) is 18.4 Å². The van der Waals surface area contributed by atoms with Gasteiger partial charge in [-0.2, -0.15) is 0 Å². The van der Waals surface area contributed by atoms with E-state index in [-0.39, 0.29) is 23.2 Å². The largest absolute Gasteiger partial charge is 0.481 e. The number of nitrogens with one attached hydrogen (secondary N) is 1. The van der Waals surface area contributed by atoms with Crippen LogP contribution in [0.2, 0.25) is 0 Å². The van der Waals surface area contributed by atoms with Crippen LogP contribution in [0.15, 0.2) is 36.4 Å². The van der Waals surface area contributed by atoms with Crippen LogP contribution in [-0.2, 0) is 9.59 Å². The Morgan fingerprint density at radius 3 is 2.45 bits per heavy atom. The predicted octanol–water partition coefficient (Wildman–Crippen LogP) is 2.85. The van der Waals surface area contributed by atoms with Crippen LogP contribution in [-0.4, -0.2) is 17.0 Å². The number of benzene rings is 1. The summed E-state index contributed by atoms with van der Waals surface area (Å²) in [6, 6.07) is 7.61. The van der Waals surface area contributed by atoms with Crippen molar-refractivity contribution in [2.75, 3.05) is 5.32 Å². The fourth-order valence-corrected chi connectivity index (χ4v) is 4.64. The van der Waals surface area contributed by atoms with Gasteiger partial charge in [0.2, 0.25) is 5.91 Å². The van der Waals surface area contributed by atoms with Crippen molar-refractivity contribution in [3.05, 3.63) is 42.0 Å². The molecule has 0 radical (unpaired) electrons. The lowest BCUT2D eigenvalue weighted by molar-refractivity contribution is -0.146. The number of rotatable bonds is 3. The normalized spacial score (nSPS) is 33.1. The van der Waals surface area contributed by atoms with Gasteiger partial charge in [0.05, 0.1) is 11.8 Å². The van der Waals surface area contributed by atoms with Gasteiger partial charge in [-0.15, -0.1) is 0 Å². The van der Waals surface area contributed by atoms with E-state index in [1.165, 1.54) is 0 Å². The summed E-state index contributed by atoms with van der Waals surface area (Å²) in [5.41, 5.74) is 1.88. The highest BCUT2D eigenvalue weighted by atomic mass is 16.4. The van der Waals surface area contributed by atoms with E-state index in [1.807, 2.05) is 37.3 Å². The Morgan fingerprint density at radius 1 is 1.18 bits per heavy atom. The van der Waals surface area contributed by atoms with Gasteiger partial charge in [0.15, 0.2) is 0 Å². The molecule has 0 heterocycles. The number of hydrogen-bond acceptors (Lipinski definition) is 2. The van der Waals surface area contributed by atoms with Gasteiger partial charge >= 0.3 is 5.97 Å². The number of carbonyl (C=O) groups is 2. The van der Waals surface area contributed by atoms with Crippen LogP contribution in [0.25, 0.3) is 0 Å². The third-order valence-corrected chi connectivity index (χ3v) is 5.72. The standard InChI is InChI=1S/C18H19NO3/c1-10-3-2-4-11(9-10)19-16(20)14-12-5-6-13(15(14)17(21)22)18(12)7-8-18/h2-6,9,12-15H,7-8H2,1H3,(H,19,20)(H,21,22)/t12-,13-,14+,15+/m1/s1. The molecule has 1 aromatic rings. The molecule has 22 heavy (non-hydrogen) atoms. The molecule has 0 aliphatic heterocycles. The number of anilines is 1. The van der Waals surface area contributed by atoms with Crippen molar-refractivity contribution in [2.24, 2.45) is 29.1 Å². The molecule has 0 unspecified atom stereocenters. The van der Waals surface area contributed by atoms with Gasteiger partial charge in [0, 0.05) is 5.69 Å². The Hall–Kier alpha value is -2.10. The first kappa shape index (κ1) is 13.6. The molecule has 0 aromatic heterocycles. The monoisotopic (exact) mass is 297 g/mol. The molecule has 2 saturated carbocycles. The SMILES string of the molecule is Cc1cccc(NC(=O)[C@@H]2[C@@H](C(=O)O)[C@H]3C=C[C@H]2C32CC2)c1. The van der Waals surface area contributed by atoms with Crippen LogP contribution in [0.5, 0.6) is 0 Å². The van der Waals surface area contributed by atoms with Gasteiger partial charge in [-0.1, -0.05) is 24.3 Å². The summed E-state index contributed by atoms with van der Waals surface area (Å²) in [6.45, 7) is 1.97. The number of aliphatic carboxylic acids is 1. The van der Waals surface area contributed by atoms with Gasteiger partial charge in [-0.05, 0) is 54.7 Å². The molecule has 3 aliphatic carbocycles. The molecular formula is C18H19NO3. The molecule has 0 saturated heterocycles. The highest BCUT2D eigenvalue weighted by Crippen LogP contribution is 2.72. The third kappa shape index (κ3) is 1.76. The zero-order valence-corrected chi connectivity index (χ0v) is 12.5. The highest BCUT2D eigenvalue weighted by Gasteiger charge is 2.70. The maximum Gasteiger partial charge on any atom is 0.307 e. The Kier molecular flexibility index (Phi) is 2.74. The Labute approximate surface area is 129 Å². The smallest absolute Gasteiger partial charge is 0.307 e. The minimum atomic E-state index is -0.840. The summed E-state index contributed by atoms with van der Waals surface area (Å²) in [5, 5.41) is 12.5. The second kappa shape index (κ2) is 4.45. The van der Waals surface area contributed by atoms with Crippen molar-refractivity contribution in [1.82, 2.24) is 0 Å². The van der Waals surface area contributed by atoms with E-state index >= 15 is 0 Å². The molecular weight excluding hydrogens is 278 g/mol. The molecule has 1 aromatic carbocycles. The lowest BCUT2D eigenvalue weighted by Gasteiger charge is -2.23. The summed E-state index contributed by atoms with van der Waals surface area (Å²) in [4.78, 5) is 24.5. The van der Waals surface area contributed by atoms with Crippen molar-refractivity contribution >= 4 is 17.6 Å². The number of amides is 1. The molecule has 2 bridgehead atoms. The van der Waals surface area contributed by atoms with Crippen LogP contribution < -0.4 is 5.32 Å². The molecule has 114 valence electrons. The first-order valence-corrected chi connectivity index (χ1v) is 7.82. The molecule has 4 heteroatoms. The molecule has 3 aliphatic rings. The molecule has 1 amide bonds. The first-order valence-electron chi connectivity index (χ1n) is 7.82. The third-order valence-electron chi connectivity index (χ3n) is 5.72. The molecule has 4 nitrogen and oxygen atoms in total. The van der Waals surface area contributed by atoms with E-state index in [9.17, 15) is 14.7 Å². The second-order valence-corrected chi connectivity index (χ2v) is 6.92. The van der Waals surface area contributed by atoms with Crippen molar-refractivity contribution in [2.45, 2.75) is 19.8 Å². The average molecular weight is 297 g/mol. The van der Waals surface area contributed by atoms with Crippen molar-refractivity contribution < 1.29 is 14.7 Å². The number of hydrogen-bond donors (Lipinski definition) is 2. The van der Waals surface area contributed by atoms with Gasteiger partial charge in [0.25, 0.3) is 0 Å². The minimum absolute atomic E-state index is 0.0308. The molecule has 1 spiro atoms. The van der Waals surface area contributed by atoms with Gasteiger partial charge < -0.3 is 10.4 Å². The van der Waals surface area contributed by atoms with Crippen LogP contribution in [0, 0.1) is 36.0 Å². The maximum atomic E-state index is 12.7. The zero-order chi connectivity index (χ0) is 15.5. The Balaban J connectivity index is 1.62. The van der Waals surface area contributed by atoms with Crippen molar-refractivity contribution in [3.63, 3.8) is 0 Å². The maximum absolute atomic E-state index is 12.7. The first-order chi connectivity index (χ1) is 10.5. The highest BCUT2D eigenvalue weighted by molar-refractivity contribution is 5.96. The second-order valence-electron chi connectivity index (χ2n) is 6.92. The van der Waals surface area contributed by atoms with Crippen LogP contribution in [0.4, 0.5) is 5.69 Å². The van der Waals surface area contributed by atoms with Crippen molar-refractivity contribution in [1.29, 1.82) is 0 Å². The van der Waals surface area contributed by atoms with Gasteiger partial charge in [-0.25, -0.2) is 0 Å². The zero-order valence-electron chi connectivity index (χ0n) is 12.5. The summed E-state index contributed by atoms with van der Waals surface area (Å²) in [5.74, 6) is -1.90. The van der Waals surface area contributed by atoms with Crippen LogP contribution in [0.3, 0.4) is 0 Å². The van der Waals surface area contributed by atoms with Gasteiger partial charge in [0.1, 0.15) is 0 Å². The Bertz CT molecular complexity index is 689. The van der Waals surface area contributed by atoms with Crippen LogP contribution >= 0.6 is 0 Å². The molecule has 2 N–H and O–H groups in total. The fraction of sp³-hybridized carbons (Fsp3) is 0.444. The fourth-order valence-electron chi connectivity index (χ4n) is 4.64. The van der Waals surface area contributed by atoms with E-state index in [2.05, 4.69) is 11.4 Å². The van der Waals surface area contributed by atoms with E-state index in [0.29, 0.717) is 0 Å². The lowest BCUT2D eigenvalue weighted by Crippen LogP contribution is -2.36. The number of carboxylic acids is 1. The predicted molar refractivity (Wildman–Crippen MR) is 82.2 cm³/mol. The average Bonchev–Trinajstić information content (AvgIpc) is 3.12. The summed E-state index contributed by atoms with van der Waals surface area (Å²) in [7, 11) is 0. The van der Waals surface area contributed by atoms with Gasteiger partial charge in [-0.3, -0.25) is 9.59 Å². The number of aryl methyl sites for hydroxylation is 1. The lowest BCUT2D eigenvalue weighted by atomic mass is 9.82. The molecule has 4 atom stereocenters. The topological polar surface area (TPSA) is 66.4 Å². The van der Waals surface area contributed by atoms with E-state index in [1.54, 1.807) is 0 Å². The van der Waals surface area contributed by atoms with E-state index in [0.717, 1.165) is 24.1 Å². The Morgan fingerprint density at radius 2 is 1.86 bits per heavy atom. The minimum Gasteiger partial charge on any atom is -0.481 e. The number of allylic oxidation sites excluding steroid dienone is 2.